The van der Waals surface area contributed by atoms with Crippen LogP contribution in [-0.2, 0) is 4.74 Å². The van der Waals surface area contributed by atoms with Gasteiger partial charge in [-0.2, -0.15) is 0 Å². The molecule has 2 nitrogen and oxygen atoms in total. The van der Waals surface area contributed by atoms with E-state index < -0.39 is 0 Å². The van der Waals surface area contributed by atoms with E-state index in [9.17, 15) is 0 Å². The Bertz CT molecular complexity index is 332. The predicted octanol–water partition coefficient (Wildman–Crippen LogP) is 3.13. The zero-order chi connectivity index (χ0) is 11.5. The van der Waals surface area contributed by atoms with E-state index in [1.54, 1.807) is 7.11 Å². The molecule has 1 aliphatic carbocycles. The molecule has 16 heavy (non-hydrogen) atoms. The normalized spacial score (nSPS) is 19.7. The van der Waals surface area contributed by atoms with Gasteiger partial charge in [0.25, 0.3) is 0 Å². The van der Waals surface area contributed by atoms with Crippen molar-refractivity contribution in [1.29, 1.82) is 0 Å². The Morgan fingerprint density at radius 1 is 1.50 bits per heavy atom. The minimum absolute atomic E-state index is 0.444. The molecule has 0 amide bonds. The molecular weight excluding hydrogens is 218 g/mol. The zero-order valence-electron chi connectivity index (χ0n) is 10.3. The molecule has 0 spiro atoms. The van der Waals surface area contributed by atoms with Gasteiger partial charge in [0.1, 0.15) is 0 Å². The molecule has 1 N–H and O–H groups in total. The monoisotopic (exact) mass is 239 g/mol. The first-order valence-corrected chi connectivity index (χ1v) is 6.83. The van der Waals surface area contributed by atoms with Crippen molar-refractivity contribution in [3.8, 4) is 0 Å². The van der Waals surface area contributed by atoms with E-state index in [-0.39, 0.29) is 0 Å². The van der Waals surface area contributed by atoms with Gasteiger partial charge in [-0.3, -0.25) is 0 Å². The fourth-order valence-electron chi connectivity index (χ4n) is 2.09. The van der Waals surface area contributed by atoms with Crippen molar-refractivity contribution < 1.29 is 4.74 Å². The third-order valence-corrected chi connectivity index (χ3v) is 4.37. The van der Waals surface area contributed by atoms with Crippen molar-refractivity contribution >= 4 is 11.3 Å². The number of aryl methyl sites for hydroxylation is 1. The summed E-state index contributed by atoms with van der Waals surface area (Å²) in [6.45, 7) is 5.24. The molecule has 1 heterocycles. The highest BCUT2D eigenvalue weighted by atomic mass is 32.1. The van der Waals surface area contributed by atoms with Crippen molar-refractivity contribution in [1.82, 2.24) is 5.32 Å². The maximum absolute atomic E-state index is 5.29. The summed E-state index contributed by atoms with van der Waals surface area (Å²) in [5, 5.41) is 3.69. The lowest BCUT2D eigenvalue weighted by atomic mass is 10.1. The van der Waals surface area contributed by atoms with Crippen LogP contribution < -0.4 is 5.32 Å². The molecule has 1 fully saturated rings. The van der Waals surface area contributed by atoms with Gasteiger partial charge in [0.2, 0.25) is 0 Å². The number of ether oxygens (including phenoxy) is 1. The molecular formula is C13H21NOS. The fourth-order valence-corrected chi connectivity index (χ4v) is 2.98. The Morgan fingerprint density at radius 3 is 2.75 bits per heavy atom. The van der Waals surface area contributed by atoms with E-state index in [0.29, 0.717) is 12.1 Å². The van der Waals surface area contributed by atoms with Crippen LogP contribution >= 0.6 is 11.3 Å². The van der Waals surface area contributed by atoms with Crippen LogP contribution in [0.3, 0.4) is 0 Å². The molecule has 0 radical (unpaired) electrons. The Kier molecular flexibility index (Phi) is 4.00. The number of hydrogen-bond acceptors (Lipinski definition) is 3. The third kappa shape index (κ3) is 3.06. The second kappa shape index (κ2) is 5.30. The second-order valence-electron chi connectivity index (χ2n) is 4.74. The summed E-state index contributed by atoms with van der Waals surface area (Å²) in [5.41, 5.74) is 0. The smallest absolute Gasteiger partial charge is 0.0618 e. The summed E-state index contributed by atoms with van der Waals surface area (Å²) in [5.74, 6) is 0.837. The molecule has 2 rings (SSSR count). The van der Waals surface area contributed by atoms with Gasteiger partial charge in [0.05, 0.1) is 6.61 Å². The molecule has 1 aromatic heterocycles. The number of thiophene rings is 1. The van der Waals surface area contributed by atoms with Gasteiger partial charge in [0.15, 0.2) is 0 Å². The summed E-state index contributed by atoms with van der Waals surface area (Å²) < 4.78 is 5.29. The third-order valence-electron chi connectivity index (χ3n) is 3.19. The summed E-state index contributed by atoms with van der Waals surface area (Å²) in [6, 6.07) is 5.40. The van der Waals surface area contributed by atoms with Crippen LogP contribution in [0.4, 0.5) is 0 Å². The Balaban J connectivity index is 1.91. The van der Waals surface area contributed by atoms with E-state index in [1.165, 1.54) is 22.6 Å². The Labute approximate surface area is 102 Å². The van der Waals surface area contributed by atoms with Crippen LogP contribution in [0.25, 0.3) is 0 Å². The Hall–Kier alpha value is -0.380. The van der Waals surface area contributed by atoms with Crippen molar-refractivity contribution in [2.75, 3.05) is 13.7 Å². The van der Waals surface area contributed by atoms with E-state index in [2.05, 4.69) is 31.3 Å². The van der Waals surface area contributed by atoms with Crippen LogP contribution in [-0.4, -0.2) is 19.8 Å². The van der Waals surface area contributed by atoms with E-state index >= 15 is 0 Å². The molecule has 1 aromatic rings. The van der Waals surface area contributed by atoms with Crippen molar-refractivity contribution in [2.45, 2.75) is 38.8 Å². The average Bonchev–Trinajstić information content (AvgIpc) is 3.00. The molecule has 3 heteroatoms. The maximum Gasteiger partial charge on any atom is 0.0618 e. The second-order valence-corrected chi connectivity index (χ2v) is 6.06. The average molecular weight is 239 g/mol. The van der Waals surface area contributed by atoms with Gasteiger partial charge in [-0.15, -0.1) is 11.3 Å². The lowest BCUT2D eigenvalue weighted by molar-refractivity contribution is 0.152. The lowest BCUT2D eigenvalue weighted by Gasteiger charge is -2.21. The highest BCUT2D eigenvalue weighted by Gasteiger charge is 2.32. The highest BCUT2D eigenvalue weighted by molar-refractivity contribution is 7.12. The standard InChI is InChI=1S/C13H21NOS/c1-9-4-7-13(16-9)10(2)14-12(8-15-3)11-5-6-11/h4,7,10-12,14H,5-6,8H2,1-3H3. The first kappa shape index (κ1) is 12.1. The van der Waals surface area contributed by atoms with Crippen molar-refractivity contribution in [2.24, 2.45) is 5.92 Å². The summed E-state index contributed by atoms with van der Waals surface area (Å²) >= 11 is 1.88. The fraction of sp³-hybridized carbons (Fsp3) is 0.692. The largest absolute Gasteiger partial charge is 0.383 e. The van der Waals surface area contributed by atoms with Gasteiger partial charge in [-0.1, -0.05) is 0 Å². The molecule has 90 valence electrons. The van der Waals surface area contributed by atoms with Gasteiger partial charge in [-0.05, 0) is 44.7 Å². The number of hydrogen-bond donors (Lipinski definition) is 1. The Morgan fingerprint density at radius 2 is 2.25 bits per heavy atom. The van der Waals surface area contributed by atoms with E-state index in [1.807, 2.05) is 11.3 Å². The molecule has 0 aromatic carbocycles. The van der Waals surface area contributed by atoms with Crippen molar-refractivity contribution in [3.05, 3.63) is 21.9 Å². The predicted molar refractivity (Wildman–Crippen MR) is 69.0 cm³/mol. The van der Waals surface area contributed by atoms with Crippen LogP contribution in [0, 0.1) is 12.8 Å². The topological polar surface area (TPSA) is 21.3 Å². The first-order valence-electron chi connectivity index (χ1n) is 6.02. The zero-order valence-corrected chi connectivity index (χ0v) is 11.1. The highest BCUT2D eigenvalue weighted by Crippen LogP contribution is 2.34. The SMILES string of the molecule is COCC(NC(C)c1ccc(C)s1)C1CC1. The minimum Gasteiger partial charge on any atom is -0.383 e. The van der Waals surface area contributed by atoms with E-state index in [0.717, 1.165) is 12.5 Å². The van der Waals surface area contributed by atoms with Crippen LogP contribution in [0.5, 0.6) is 0 Å². The van der Waals surface area contributed by atoms with E-state index in [4.69, 9.17) is 4.74 Å². The van der Waals surface area contributed by atoms with Gasteiger partial charge >= 0.3 is 0 Å². The number of methoxy groups -OCH3 is 1. The van der Waals surface area contributed by atoms with Crippen LogP contribution in [0.15, 0.2) is 12.1 Å². The molecule has 0 bridgehead atoms. The minimum atomic E-state index is 0.444. The molecule has 1 saturated carbocycles. The summed E-state index contributed by atoms with van der Waals surface area (Å²) in [4.78, 5) is 2.82. The van der Waals surface area contributed by atoms with Crippen LogP contribution in [0.1, 0.15) is 35.6 Å². The van der Waals surface area contributed by atoms with Crippen LogP contribution in [0.2, 0.25) is 0 Å². The molecule has 1 aliphatic rings. The summed E-state index contributed by atoms with van der Waals surface area (Å²) in [6.07, 6.45) is 2.72. The first-order chi connectivity index (χ1) is 7.70. The quantitative estimate of drug-likeness (QED) is 0.823. The molecule has 2 atom stereocenters. The molecule has 2 unspecified atom stereocenters. The van der Waals surface area contributed by atoms with Crippen molar-refractivity contribution in [3.63, 3.8) is 0 Å². The summed E-state index contributed by atoms with van der Waals surface area (Å²) in [7, 11) is 1.79. The van der Waals surface area contributed by atoms with Gasteiger partial charge < -0.3 is 10.1 Å². The lowest BCUT2D eigenvalue weighted by Crippen LogP contribution is -2.36. The van der Waals surface area contributed by atoms with Gasteiger partial charge in [0, 0.05) is 28.9 Å². The maximum atomic E-state index is 5.29. The number of nitrogens with one attached hydrogen (secondary N) is 1. The number of rotatable bonds is 6. The molecule has 0 aliphatic heterocycles. The van der Waals surface area contributed by atoms with Gasteiger partial charge in [-0.25, -0.2) is 0 Å². The molecule has 0 saturated heterocycles.